The highest BCUT2D eigenvalue weighted by Gasteiger charge is 2.46. The molecule has 1 saturated carbocycles. The summed E-state index contributed by atoms with van der Waals surface area (Å²) >= 11 is 0. The molecule has 2 N–H and O–H groups in total. The Morgan fingerprint density at radius 3 is 2.74 bits per heavy atom. The van der Waals surface area contributed by atoms with Crippen LogP contribution in [0.1, 0.15) is 39.0 Å². The van der Waals surface area contributed by atoms with Crippen molar-refractivity contribution >= 4 is 0 Å². The van der Waals surface area contributed by atoms with Gasteiger partial charge in [-0.2, -0.15) is 0 Å². The summed E-state index contributed by atoms with van der Waals surface area (Å²) in [5, 5.41) is 0. The third-order valence-corrected chi connectivity index (χ3v) is 5.18. The van der Waals surface area contributed by atoms with Crippen LogP contribution < -0.4 is 5.73 Å². The van der Waals surface area contributed by atoms with Crippen molar-refractivity contribution in [1.82, 2.24) is 9.80 Å². The Labute approximate surface area is 118 Å². The summed E-state index contributed by atoms with van der Waals surface area (Å²) in [6.07, 6.45) is 6.46. The van der Waals surface area contributed by atoms with E-state index in [9.17, 15) is 0 Å². The van der Waals surface area contributed by atoms with Gasteiger partial charge in [-0.05, 0) is 39.8 Å². The van der Waals surface area contributed by atoms with Gasteiger partial charge in [0.15, 0.2) is 0 Å². The standard InChI is InChI=1S/C15H31N3O/c1-13-11-17(2)9-6-10-18(13)15(12-16)8-5-4-7-14(15)19-3/h13-14H,4-12,16H2,1-3H3. The van der Waals surface area contributed by atoms with Crippen molar-refractivity contribution in [2.24, 2.45) is 5.73 Å². The summed E-state index contributed by atoms with van der Waals surface area (Å²) in [7, 11) is 4.08. The lowest BCUT2D eigenvalue weighted by Gasteiger charge is -2.52. The molecule has 0 amide bonds. The average molecular weight is 269 g/mol. The van der Waals surface area contributed by atoms with Gasteiger partial charge in [0.1, 0.15) is 0 Å². The van der Waals surface area contributed by atoms with Crippen LogP contribution in [-0.4, -0.2) is 67.8 Å². The second kappa shape index (κ2) is 6.53. The van der Waals surface area contributed by atoms with Crippen LogP contribution in [0.5, 0.6) is 0 Å². The summed E-state index contributed by atoms with van der Waals surface area (Å²) in [4.78, 5) is 5.11. The third-order valence-electron chi connectivity index (χ3n) is 5.18. The maximum atomic E-state index is 6.25. The fourth-order valence-corrected chi connectivity index (χ4v) is 4.24. The Morgan fingerprint density at radius 2 is 2.05 bits per heavy atom. The predicted molar refractivity (Wildman–Crippen MR) is 79.3 cm³/mol. The van der Waals surface area contributed by atoms with Crippen LogP contribution in [0.2, 0.25) is 0 Å². The molecular formula is C15H31N3O. The highest BCUT2D eigenvalue weighted by molar-refractivity contribution is 5.03. The molecule has 112 valence electrons. The van der Waals surface area contributed by atoms with Crippen molar-refractivity contribution in [2.75, 3.05) is 40.3 Å². The average Bonchev–Trinajstić information content (AvgIpc) is 2.59. The van der Waals surface area contributed by atoms with Gasteiger partial charge in [-0.3, -0.25) is 4.90 Å². The van der Waals surface area contributed by atoms with Gasteiger partial charge in [-0.25, -0.2) is 0 Å². The number of nitrogens with zero attached hydrogens (tertiary/aromatic N) is 2. The Hall–Kier alpha value is -0.160. The minimum Gasteiger partial charge on any atom is -0.379 e. The third kappa shape index (κ3) is 2.97. The van der Waals surface area contributed by atoms with E-state index in [2.05, 4.69) is 23.8 Å². The quantitative estimate of drug-likeness (QED) is 0.838. The number of ether oxygens (including phenoxy) is 1. The lowest BCUT2D eigenvalue weighted by Crippen LogP contribution is -2.65. The molecule has 4 nitrogen and oxygen atoms in total. The van der Waals surface area contributed by atoms with Crippen LogP contribution in [-0.2, 0) is 4.74 Å². The lowest BCUT2D eigenvalue weighted by atomic mass is 9.76. The van der Waals surface area contributed by atoms with E-state index in [1.54, 1.807) is 0 Å². The Kier molecular flexibility index (Phi) is 5.23. The lowest BCUT2D eigenvalue weighted by molar-refractivity contribution is -0.0878. The summed E-state index contributed by atoms with van der Waals surface area (Å²) in [5.74, 6) is 0. The van der Waals surface area contributed by atoms with Crippen molar-refractivity contribution in [3.8, 4) is 0 Å². The molecule has 1 heterocycles. The van der Waals surface area contributed by atoms with Gasteiger partial charge in [0.2, 0.25) is 0 Å². The van der Waals surface area contributed by atoms with Gasteiger partial charge in [-0.1, -0.05) is 12.8 Å². The predicted octanol–water partition coefficient (Wildman–Crippen LogP) is 1.30. The molecule has 3 unspecified atom stereocenters. The zero-order valence-corrected chi connectivity index (χ0v) is 12.9. The number of hydrogen-bond acceptors (Lipinski definition) is 4. The summed E-state index contributed by atoms with van der Waals surface area (Å²) in [5.41, 5.74) is 6.31. The first-order valence-electron chi connectivity index (χ1n) is 7.82. The first-order valence-corrected chi connectivity index (χ1v) is 7.82. The summed E-state index contributed by atoms with van der Waals surface area (Å²) in [6.45, 7) is 6.56. The SMILES string of the molecule is COC1CCCCC1(CN)N1CCCN(C)CC1C. The van der Waals surface area contributed by atoms with E-state index < -0.39 is 0 Å². The largest absolute Gasteiger partial charge is 0.379 e. The van der Waals surface area contributed by atoms with Crippen molar-refractivity contribution in [3.63, 3.8) is 0 Å². The minimum absolute atomic E-state index is 0.0671. The first kappa shape index (κ1) is 15.2. The second-order valence-corrected chi connectivity index (χ2v) is 6.44. The first-order chi connectivity index (χ1) is 9.14. The van der Waals surface area contributed by atoms with Crippen LogP contribution in [0.15, 0.2) is 0 Å². The molecule has 0 aromatic rings. The highest BCUT2D eigenvalue weighted by Crippen LogP contribution is 2.37. The van der Waals surface area contributed by atoms with E-state index in [0.29, 0.717) is 12.1 Å². The molecule has 1 aliphatic heterocycles. The molecule has 4 heteroatoms. The van der Waals surface area contributed by atoms with E-state index in [-0.39, 0.29) is 5.54 Å². The van der Waals surface area contributed by atoms with Gasteiger partial charge in [0.05, 0.1) is 11.6 Å². The number of rotatable bonds is 3. The molecule has 0 radical (unpaired) electrons. The van der Waals surface area contributed by atoms with E-state index in [0.717, 1.165) is 26.1 Å². The molecule has 0 aromatic heterocycles. The van der Waals surface area contributed by atoms with Crippen LogP contribution in [0.25, 0.3) is 0 Å². The van der Waals surface area contributed by atoms with Gasteiger partial charge in [-0.15, -0.1) is 0 Å². The minimum atomic E-state index is 0.0671. The maximum Gasteiger partial charge on any atom is 0.0767 e. The Morgan fingerprint density at radius 1 is 1.26 bits per heavy atom. The van der Waals surface area contributed by atoms with Crippen molar-refractivity contribution in [2.45, 2.75) is 56.7 Å². The Bertz CT molecular complexity index is 287. The number of nitrogens with two attached hydrogens (primary N) is 1. The normalized spacial score (nSPS) is 39.2. The molecule has 19 heavy (non-hydrogen) atoms. The Balaban J connectivity index is 2.22. The molecule has 3 atom stereocenters. The molecule has 2 rings (SSSR count). The molecule has 2 fully saturated rings. The topological polar surface area (TPSA) is 41.7 Å². The van der Waals surface area contributed by atoms with Crippen LogP contribution in [0.3, 0.4) is 0 Å². The fraction of sp³-hybridized carbons (Fsp3) is 1.00. The van der Waals surface area contributed by atoms with Gasteiger partial charge in [0.25, 0.3) is 0 Å². The molecule has 1 aliphatic carbocycles. The van der Waals surface area contributed by atoms with Crippen LogP contribution in [0.4, 0.5) is 0 Å². The molecule has 1 saturated heterocycles. The van der Waals surface area contributed by atoms with Crippen molar-refractivity contribution in [3.05, 3.63) is 0 Å². The molecule has 0 bridgehead atoms. The molecular weight excluding hydrogens is 238 g/mol. The van der Waals surface area contributed by atoms with E-state index in [1.165, 1.54) is 32.2 Å². The van der Waals surface area contributed by atoms with Crippen molar-refractivity contribution < 1.29 is 4.74 Å². The second-order valence-electron chi connectivity index (χ2n) is 6.44. The van der Waals surface area contributed by atoms with E-state index in [4.69, 9.17) is 10.5 Å². The highest BCUT2D eigenvalue weighted by atomic mass is 16.5. The number of hydrogen-bond donors (Lipinski definition) is 1. The summed E-state index contributed by atoms with van der Waals surface area (Å²) < 4.78 is 5.83. The van der Waals surface area contributed by atoms with Crippen molar-refractivity contribution in [1.29, 1.82) is 0 Å². The van der Waals surface area contributed by atoms with Gasteiger partial charge >= 0.3 is 0 Å². The smallest absolute Gasteiger partial charge is 0.0767 e. The fourth-order valence-electron chi connectivity index (χ4n) is 4.24. The zero-order chi connectivity index (χ0) is 13.9. The maximum absolute atomic E-state index is 6.25. The molecule has 0 spiro atoms. The van der Waals surface area contributed by atoms with Crippen LogP contribution >= 0.6 is 0 Å². The number of likely N-dealkylation sites (N-methyl/N-ethyl adjacent to an activating group) is 1. The molecule has 2 aliphatic rings. The van der Waals surface area contributed by atoms with E-state index in [1.807, 2.05) is 7.11 Å². The number of methoxy groups -OCH3 is 1. The van der Waals surface area contributed by atoms with Gasteiger partial charge < -0.3 is 15.4 Å². The van der Waals surface area contributed by atoms with Crippen LogP contribution in [0, 0.1) is 0 Å². The van der Waals surface area contributed by atoms with Gasteiger partial charge in [0, 0.05) is 32.8 Å². The monoisotopic (exact) mass is 269 g/mol. The zero-order valence-electron chi connectivity index (χ0n) is 12.9. The summed E-state index contributed by atoms with van der Waals surface area (Å²) in [6, 6.07) is 0.562. The van der Waals surface area contributed by atoms with E-state index >= 15 is 0 Å². The molecule has 0 aromatic carbocycles.